The molecule has 0 aromatic carbocycles. The minimum Gasteiger partial charge on any atom is -0.351 e. The molecule has 7 nitrogen and oxygen atoms in total. The van der Waals surface area contributed by atoms with Gasteiger partial charge in [0, 0.05) is 35.9 Å². The molecule has 3 fully saturated rings. The monoisotopic (exact) mass is 367 g/mol. The first-order chi connectivity index (χ1) is 12.7. The fraction of sp³-hybridized carbons (Fsp3) is 0.500. The number of thiophene rings is 1. The number of piperidine rings is 2. The molecule has 3 aliphatic heterocycles. The van der Waals surface area contributed by atoms with Gasteiger partial charge in [0.25, 0.3) is 0 Å². The summed E-state index contributed by atoms with van der Waals surface area (Å²) in [6.45, 7) is 1.99. The minimum atomic E-state index is 0.471. The number of anilines is 3. The molecule has 6 rings (SSSR count). The second-order valence-corrected chi connectivity index (χ2v) is 8.70. The van der Waals surface area contributed by atoms with E-state index in [0.29, 0.717) is 6.04 Å². The maximum atomic E-state index is 4.78. The molecule has 0 saturated carbocycles. The number of aryl methyl sites for hydroxylation is 1. The van der Waals surface area contributed by atoms with Crippen molar-refractivity contribution in [1.82, 2.24) is 25.1 Å². The Morgan fingerprint density at radius 3 is 2.69 bits per heavy atom. The molecule has 3 aliphatic rings. The highest BCUT2D eigenvalue weighted by Gasteiger charge is 2.54. The Labute approximate surface area is 155 Å². The van der Waals surface area contributed by atoms with Crippen molar-refractivity contribution >= 4 is 39.1 Å². The van der Waals surface area contributed by atoms with Gasteiger partial charge >= 0.3 is 0 Å². The fourth-order valence-electron chi connectivity index (χ4n) is 4.94. The summed E-state index contributed by atoms with van der Waals surface area (Å²) in [5, 5.41) is 16.3. The maximum absolute atomic E-state index is 4.78. The van der Waals surface area contributed by atoms with Crippen LogP contribution in [0.2, 0.25) is 0 Å². The van der Waals surface area contributed by atoms with Crippen LogP contribution >= 0.6 is 11.3 Å². The predicted octanol–water partition coefficient (Wildman–Crippen LogP) is 3.26. The van der Waals surface area contributed by atoms with Crippen molar-refractivity contribution in [2.45, 2.75) is 56.8 Å². The summed E-state index contributed by atoms with van der Waals surface area (Å²) in [4.78, 5) is 12.2. The third-order valence-corrected chi connectivity index (χ3v) is 6.97. The number of aromatic nitrogens is 4. The SMILES string of the molecule is Cc1cc(Nc2nc(NC3CC4CC5CC(C3)N45)nc3ccsc23)n[nH]1. The number of H-pyrrole nitrogens is 1. The highest BCUT2D eigenvalue weighted by molar-refractivity contribution is 7.17. The Kier molecular flexibility index (Phi) is 3.10. The van der Waals surface area contributed by atoms with Gasteiger partial charge in [-0.25, -0.2) is 4.98 Å². The van der Waals surface area contributed by atoms with Gasteiger partial charge in [0.15, 0.2) is 11.6 Å². The molecule has 134 valence electrons. The summed E-state index contributed by atoms with van der Waals surface area (Å²) in [7, 11) is 0. The first-order valence-electron chi connectivity index (χ1n) is 9.31. The number of aromatic amines is 1. The second-order valence-electron chi connectivity index (χ2n) is 7.78. The number of nitrogens with one attached hydrogen (secondary N) is 3. The molecule has 3 aromatic heterocycles. The summed E-state index contributed by atoms with van der Waals surface area (Å²) in [6, 6.07) is 6.96. The van der Waals surface area contributed by atoms with E-state index < -0.39 is 0 Å². The molecule has 0 bridgehead atoms. The number of hydrogen-bond donors (Lipinski definition) is 3. The zero-order valence-corrected chi connectivity index (χ0v) is 15.4. The van der Waals surface area contributed by atoms with E-state index in [1.165, 1.54) is 25.7 Å². The maximum Gasteiger partial charge on any atom is 0.225 e. The molecule has 2 atom stereocenters. The molecule has 3 saturated heterocycles. The van der Waals surface area contributed by atoms with Crippen molar-refractivity contribution in [3.05, 3.63) is 23.2 Å². The van der Waals surface area contributed by atoms with E-state index in [-0.39, 0.29) is 0 Å². The van der Waals surface area contributed by atoms with Crippen molar-refractivity contribution in [3.63, 3.8) is 0 Å². The summed E-state index contributed by atoms with van der Waals surface area (Å²) in [5.74, 6) is 2.33. The Hall–Kier alpha value is -2.19. The first-order valence-corrected chi connectivity index (χ1v) is 10.2. The summed E-state index contributed by atoms with van der Waals surface area (Å²) < 4.78 is 1.06. The molecule has 3 N–H and O–H groups in total. The third-order valence-electron chi connectivity index (χ3n) is 6.06. The minimum absolute atomic E-state index is 0.471. The van der Waals surface area contributed by atoms with Gasteiger partial charge < -0.3 is 10.6 Å². The van der Waals surface area contributed by atoms with Gasteiger partial charge in [0.2, 0.25) is 5.95 Å². The molecule has 8 heteroatoms. The lowest BCUT2D eigenvalue weighted by Crippen LogP contribution is -2.73. The Bertz CT molecular complexity index is 963. The molecule has 26 heavy (non-hydrogen) atoms. The van der Waals surface area contributed by atoms with Gasteiger partial charge in [0.1, 0.15) is 0 Å². The van der Waals surface area contributed by atoms with Gasteiger partial charge in [-0.05, 0) is 44.1 Å². The van der Waals surface area contributed by atoms with Crippen LogP contribution in [0.4, 0.5) is 17.6 Å². The smallest absolute Gasteiger partial charge is 0.225 e. The third kappa shape index (κ3) is 2.25. The highest BCUT2D eigenvalue weighted by atomic mass is 32.1. The molecular weight excluding hydrogens is 346 g/mol. The van der Waals surface area contributed by atoms with E-state index in [1.807, 2.05) is 13.0 Å². The van der Waals surface area contributed by atoms with Crippen LogP contribution in [-0.4, -0.2) is 49.2 Å². The molecule has 0 radical (unpaired) electrons. The Morgan fingerprint density at radius 2 is 1.96 bits per heavy atom. The number of hydrogen-bond acceptors (Lipinski definition) is 7. The topological polar surface area (TPSA) is 81.8 Å². The van der Waals surface area contributed by atoms with Crippen LogP contribution in [0.1, 0.15) is 31.4 Å². The summed E-state index contributed by atoms with van der Waals surface area (Å²) in [6.07, 6.45) is 5.17. The van der Waals surface area contributed by atoms with E-state index in [2.05, 4.69) is 37.2 Å². The van der Waals surface area contributed by atoms with Crippen LogP contribution in [0.25, 0.3) is 10.2 Å². The van der Waals surface area contributed by atoms with E-state index in [1.54, 1.807) is 11.3 Å². The summed E-state index contributed by atoms with van der Waals surface area (Å²) in [5.41, 5.74) is 2.00. The van der Waals surface area contributed by atoms with E-state index in [0.717, 1.165) is 51.6 Å². The van der Waals surface area contributed by atoms with Gasteiger partial charge in [-0.2, -0.15) is 10.1 Å². The van der Waals surface area contributed by atoms with Crippen molar-refractivity contribution in [1.29, 1.82) is 0 Å². The van der Waals surface area contributed by atoms with Gasteiger partial charge in [-0.15, -0.1) is 11.3 Å². The molecule has 0 amide bonds. The second kappa shape index (κ2) is 5.40. The van der Waals surface area contributed by atoms with Gasteiger partial charge in [-0.3, -0.25) is 10.00 Å². The first kappa shape index (κ1) is 14.9. The molecule has 2 unspecified atom stereocenters. The van der Waals surface area contributed by atoms with E-state index in [4.69, 9.17) is 9.97 Å². The van der Waals surface area contributed by atoms with E-state index >= 15 is 0 Å². The zero-order valence-electron chi connectivity index (χ0n) is 14.6. The molecule has 0 aliphatic carbocycles. The van der Waals surface area contributed by atoms with Crippen LogP contribution in [0.5, 0.6) is 0 Å². The van der Waals surface area contributed by atoms with E-state index in [9.17, 15) is 0 Å². The predicted molar refractivity (Wildman–Crippen MR) is 103 cm³/mol. The largest absolute Gasteiger partial charge is 0.351 e. The highest BCUT2D eigenvalue weighted by Crippen LogP contribution is 2.48. The molecular formula is C18H21N7S. The van der Waals surface area contributed by atoms with Gasteiger partial charge in [0.05, 0.1) is 10.2 Å². The number of fused-ring (bicyclic) bond motifs is 1. The van der Waals surface area contributed by atoms with Gasteiger partial charge in [-0.1, -0.05) is 0 Å². The van der Waals surface area contributed by atoms with Crippen molar-refractivity contribution in [2.75, 3.05) is 10.6 Å². The lowest BCUT2D eigenvalue weighted by Gasteiger charge is -2.66. The van der Waals surface area contributed by atoms with Crippen molar-refractivity contribution in [2.24, 2.45) is 0 Å². The number of nitrogens with zero attached hydrogens (tertiary/aromatic N) is 4. The normalized spacial score (nSPS) is 29.7. The average molecular weight is 367 g/mol. The Balaban J connectivity index is 1.28. The molecule has 3 aromatic rings. The Morgan fingerprint density at radius 1 is 1.15 bits per heavy atom. The van der Waals surface area contributed by atoms with Crippen LogP contribution < -0.4 is 10.6 Å². The van der Waals surface area contributed by atoms with Crippen LogP contribution in [0, 0.1) is 6.92 Å². The van der Waals surface area contributed by atoms with Crippen LogP contribution in [0.15, 0.2) is 17.5 Å². The lowest BCUT2D eigenvalue weighted by atomic mass is 9.68. The standard InChI is InChI=1S/C18H21N7S/c1-9-4-15(24-23-9)21-17-16-14(2-3-26-16)20-18(22-17)19-10-5-11-7-13-8-12(6-10)25(11)13/h2-4,10-13H,5-8H2,1H3,(H3,19,20,21,22,23,24). The molecule has 6 heterocycles. The lowest BCUT2D eigenvalue weighted by molar-refractivity contribution is -0.146. The average Bonchev–Trinajstić information content (AvgIpc) is 3.19. The zero-order chi connectivity index (χ0) is 17.3. The van der Waals surface area contributed by atoms with Crippen LogP contribution in [-0.2, 0) is 0 Å². The van der Waals surface area contributed by atoms with Crippen molar-refractivity contribution in [3.8, 4) is 0 Å². The molecule has 0 spiro atoms. The quantitative estimate of drug-likeness (QED) is 0.657. The number of rotatable bonds is 4. The fourth-order valence-corrected chi connectivity index (χ4v) is 5.71. The van der Waals surface area contributed by atoms with Crippen molar-refractivity contribution < 1.29 is 0 Å². The van der Waals surface area contributed by atoms with Crippen LogP contribution in [0.3, 0.4) is 0 Å². The summed E-state index contributed by atoms with van der Waals surface area (Å²) >= 11 is 1.65.